The molecule has 1 aromatic carbocycles. The maximum absolute atomic E-state index is 12.5. The second kappa shape index (κ2) is 6.55. The summed E-state index contributed by atoms with van der Waals surface area (Å²) in [6, 6.07) is 9.75. The molecule has 2 N–H and O–H groups in total. The smallest absolute Gasteiger partial charge is 0.321 e. The number of carbonyl (C=O) groups excluding carboxylic acids is 1. The van der Waals surface area contributed by atoms with Gasteiger partial charge in [0.25, 0.3) is 0 Å². The van der Waals surface area contributed by atoms with Crippen LogP contribution in [0.15, 0.2) is 42.7 Å². The predicted octanol–water partition coefficient (Wildman–Crippen LogP) is 3.68. The zero-order valence-corrected chi connectivity index (χ0v) is 14.2. The number of rotatable bonds is 2. The molecule has 0 saturated carbocycles. The minimum Gasteiger partial charge on any atom is -0.342 e. The highest BCUT2D eigenvalue weighted by atomic mass is 16.2. The molecule has 25 heavy (non-hydrogen) atoms. The van der Waals surface area contributed by atoms with Crippen LogP contribution >= 0.6 is 0 Å². The fourth-order valence-corrected chi connectivity index (χ4v) is 3.36. The molecule has 1 saturated heterocycles. The lowest BCUT2D eigenvalue weighted by atomic mass is 9.97. The number of nitrogens with zero attached hydrogens (tertiary/aromatic N) is 3. The van der Waals surface area contributed by atoms with Crippen molar-refractivity contribution in [2.24, 2.45) is 0 Å². The first-order valence-electron chi connectivity index (χ1n) is 8.61. The number of pyridine rings is 1. The number of aromatic nitrogens is 3. The number of piperidine rings is 1. The van der Waals surface area contributed by atoms with Crippen molar-refractivity contribution in [2.45, 2.75) is 25.7 Å². The maximum Gasteiger partial charge on any atom is 0.321 e. The first-order chi connectivity index (χ1) is 12.2. The molecule has 0 radical (unpaired) electrons. The average Bonchev–Trinajstić information content (AvgIpc) is 3.06. The normalized spacial score (nSPS) is 17.6. The van der Waals surface area contributed by atoms with E-state index in [1.165, 1.54) is 5.56 Å². The number of carbonyl (C=O) groups is 1. The van der Waals surface area contributed by atoms with E-state index in [0.29, 0.717) is 6.54 Å². The van der Waals surface area contributed by atoms with Crippen LogP contribution in [0.2, 0.25) is 0 Å². The molecule has 1 atom stereocenters. The third-order valence-corrected chi connectivity index (χ3v) is 4.68. The van der Waals surface area contributed by atoms with Crippen LogP contribution in [0.3, 0.4) is 0 Å². The monoisotopic (exact) mass is 335 g/mol. The Morgan fingerprint density at radius 1 is 1.28 bits per heavy atom. The van der Waals surface area contributed by atoms with E-state index in [9.17, 15) is 4.79 Å². The number of benzene rings is 1. The third-order valence-electron chi connectivity index (χ3n) is 4.68. The van der Waals surface area contributed by atoms with Gasteiger partial charge in [-0.15, -0.1) is 0 Å². The molecule has 2 amide bonds. The zero-order valence-electron chi connectivity index (χ0n) is 14.2. The lowest BCUT2D eigenvalue weighted by molar-refractivity contribution is 0.191. The minimum absolute atomic E-state index is 0.0668. The van der Waals surface area contributed by atoms with Gasteiger partial charge in [-0.05, 0) is 49.6 Å². The van der Waals surface area contributed by atoms with Gasteiger partial charge < -0.3 is 15.2 Å². The summed E-state index contributed by atoms with van der Waals surface area (Å²) in [5.41, 5.74) is 4.03. The summed E-state index contributed by atoms with van der Waals surface area (Å²) in [6.07, 6.45) is 5.36. The summed E-state index contributed by atoms with van der Waals surface area (Å²) < 4.78 is 0. The van der Waals surface area contributed by atoms with Gasteiger partial charge >= 0.3 is 6.03 Å². The Morgan fingerprint density at radius 2 is 2.12 bits per heavy atom. The van der Waals surface area contributed by atoms with Crippen molar-refractivity contribution in [3.8, 4) is 0 Å². The fraction of sp³-hybridized carbons (Fsp3) is 0.316. The van der Waals surface area contributed by atoms with E-state index in [2.05, 4.69) is 34.3 Å². The number of H-pyrrole nitrogens is 1. The van der Waals surface area contributed by atoms with E-state index in [1.807, 2.05) is 11.0 Å². The van der Waals surface area contributed by atoms with Crippen molar-refractivity contribution >= 4 is 22.8 Å². The Labute approximate surface area is 146 Å². The summed E-state index contributed by atoms with van der Waals surface area (Å²) in [7, 11) is 0. The Hall–Kier alpha value is -2.89. The molecule has 1 aliphatic rings. The molecule has 0 unspecified atom stereocenters. The molecule has 0 aliphatic carbocycles. The largest absolute Gasteiger partial charge is 0.342 e. The number of anilines is 1. The molecule has 128 valence electrons. The van der Waals surface area contributed by atoms with Crippen LogP contribution in [0.1, 0.15) is 30.1 Å². The number of nitrogens with one attached hydrogen (secondary N) is 2. The van der Waals surface area contributed by atoms with E-state index >= 15 is 0 Å². The number of aromatic amines is 1. The SMILES string of the molecule is Cc1ccc2nc([C@@H]3CCCN(C(=O)Nc4ccncc4)C3)[nH]c2c1. The lowest BCUT2D eigenvalue weighted by Crippen LogP contribution is -2.41. The van der Waals surface area contributed by atoms with Crippen molar-refractivity contribution in [3.63, 3.8) is 0 Å². The molecular formula is C19H21N5O. The number of hydrogen-bond donors (Lipinski definition) is 2. The highest BCUT2D eigenvalue weighted by Gasteiger charge is 2.26. The van der Waals surface area contributed by atoms with Crippen molar-refractivity contribution < 1.29 is 4.79 Å². The van der Waals surface area contributed by atoms with Gasteiger partial charge in [-0.1, -0.05) is 6.07 Å². The average molecular weight is 335 g/mol. The van der Waals surface area contributed by atoms with Crippen LogP contribution in [0.25, 0.3) is 11.0 Å². The quantitative estimate of drug-likeness (QED) is 0.750. The molecule has 6 nitrogen and oxygen atoms in total. The van der Waals surface area contributed by atoms with Crippen LogP contribution in [-0.4, -0.2) is 39.0 Å². The molecule has 4 rings (SSSR count). The topological polar surface area (TPSA) is 73.9 Å². The standard InChI is InChI=1S/C19H21N5O/c1-13-4-5-16-17(11-13)23-18(22-16)14-3-2-10-24(12-14)19(25)21-15-6-8-20-9-7-15/h4-9,11,14H,2-3,10,12H2,1H3,(H,22,23)(H,20,21,25)/t14-/m1/s1. The predicted molar refractivity (Wildman–Crippen MR) is 97.6 cm³/mol. The second-order valence-corrected chi connectivity index (χ2v) is 6.59. The summed E-state index contributed by atoms with van der Waals surface area (Å²) in [5, 5.41) is 2.93. The van der Waals surface area contributed by atoms with Gasteiger partial charge in [0, 0.05) is 37.1 Å². The first-order valence-corrected chi connectivity index (χ1v) is 8.61. The number of urea groups is 1. The van der Waals surface area contributed by atoms with E-state index in [-0.39, 0.29) is 11.9 Å². The van der Waals surface area contributed by atoms with Crippen molar-refractivity contribution in [2.75, 3.05) is 18.4 Å². The van der Waals surface area contributed by atoms with Gasteiger partial charge in [-0.2, -0.15) is 0 Å². The van der Waals surface area contributed by atoms with Gasteiger partial charge in [0.2, 0.25) is 0 Å². The van der Waals surface area contributed by atoms with Crippen molar-refractivity contribution in [3.05, 3.63) is 54.1 Å². The molecule has 3 heterocycles. The minimum atomic E-state index is -0.0668. The van der Waals surface area contributed by atoms with E-state index in [0.717, 1.165) is 41.9 Å². The van der Waals surface area contributed by atoms with Gasteiger partial charge in [0.15, 0.2) is 0 Å². The molecule has 1 fully saturated rings. The van der Waals surface area contributed by atoms with Crippen LogP contribution < -0.4 is 5.32 Å². The summed E-state index contributed by atoms with van der Waals surface area (Å²) in [6.45, 7) is 3.52. The van der Waals surface area contributed by atoms with E-state index in [4.69, 9.17) is 4.98 Å². The zero-order chi connectivity index (χ0) is 17.2. The Bertz CT molecular complexity index is 889. The molecule has 3 aromatic rings. The van der Waals surface area contributed by atoms with Gasteiger partial charge in [0.05, 0.1) is 11.0 Å². The molecule has 1 aliphatic heterocycles. The van der Waals surface area contributed by atoms with E-state index in [1.54, 1.807) is 24.5 Å². The fourth-order valence-electron chi connectivity index (χ4n) is 3.36. The van der Waals surface area contributed by atoms with Crippen molar-refractivity contribution in [1.82, 2.24) is 19.9 Å². The van der Waals surface area contributed by atoms with Gasteiger partial charge in [-0.3, -0.25) is 4.98 Å². The number of aryl methyl sites for hydroxylation is 1. The molecule has 2 aromatic heterocycles. The van der Waals surface area contributed by atoms with Crippen LogP contribution in [0.4, 0.5) is 10.5 Å². The number of fused-ring (bicyclic) bond motifs is 1. The highest BCUT2D eigenvalue weighted by molar-refractivity contribution is 5.89. The van der Waals surface area contributed by atoms with Crippen LogP contribution in [-0.2, 0) is 0 Å². The highest BCUT2D eigenvalue weighted by Crippen LogP contribution is 2.27. The van der Waals surface area contributed by atoms with Crippen LogP contribution in [0.5, 0.6) is 0 Å². The van der Waals surface area contributed by atoms with Gasteiger partial charge in [-0.25, -0.2) is 9.78 Å². The molecule has 0 bridgehead atoms. The number of likely N-dealkylation sites (tertiary alicyclic amines) is 1. The molecule has 6 heteroatoms. The number of hydrogen-bond acceptors (Lipinski definition) is 3. The first kappa shape index (κ1) is 15.6. The number of amides is 2. The van der Waals surface area contributed by atoms with E-state index < -0.39 is 0 Å². The Balaban J connectivity index is 1.49. The summed E-state index contributed by atoms with van der Waals surface area (Å²) >= 11 is 0. The Morgan fingerprint density at radius 3 is 2.96 bits per heavy atom. The molecular weight excluding hydrogens is 314 g/mol. The summed E-state index contributed by atoms with van der Waals surface area (Å²) in [5.74, 6) is 1.21. The molecule has 0 spiro atoms. The number of imidazole rings is 1. The van der Waals surface area contributed by atoms with Crippen LogP contribution in [0, 0.1) is 6.92 Å². The second-order valence-electron chi connectivity index (χ2n) is 6.59. The lowest BCUT2D eigenvalue weighted by Gasteiger charge is -2.31. The maximum atomic E-state index is 12.5. The Kier molecular flexibility index (Phi) is 4.09. The van der Waals surface area contributed by atoms with Crippen molar-refractivity contribution in [1.29, 1.82) is 0 Å². The van der Waals surface area contributed by atoms with Gasteiger partial charge in [0.1, 0.15) is 5.82 Å². The summed E-state index contributed by atoms with van der Waals surface area (Å²) in [4.78, 5) is 26.5. The third kappa shape index (κ3) is 3.33.